The number of urea groups is 1. The topological polar surface area (TPSA) is 78.8 Å². The smallest absolute Gasteiger partial charge is 0.317 e. The van der Waals surface area contributed by atoms with Gasteiger partial charge in [-0.05, 0) is 55.9 Å². The predicted octanol–water partition coefficient (Wildman–Crippen LogP) is 5.11. The van der Waals surface area contributed by atoms with Crippen molar-refractivity contribution in [2.45, 2.75) is 44.7 Å². The number of amides is 2. The Morgan fingerprint density at radius 3 is 2.89 bits per heavy atom. The van der Waals surface area contributed by atoms with Gasteiger partial charge < -0.3 is 10.2 Å². The van der Waals surface area contributed by atoms with Crippen molar-refractivity contribution in [3.63, 3.8) is 0 Å². The number of nitrogens with one attached hydrogen (secondary N) is 2. The van der Waals surface area contributed by atoms with E-state index in [0.717, 1.165) is 61.2 Å². The van der Waals surface area contributed by atoms with E-state index >= 15 is 0 Å². The van der Waals surface area contributed by atoms with Crippen molar-refractivity contribution in [1.29, 1.82) is 0 Å². The number of nitrogens with zero attached hydrogens (tertiary/aromatic N) is 4. The number of benzene rings is 2. The van der Waals surface area contributed by atoms with E-state index in [1.165, 1.54) is 23.4 Å². The largest absolute Gasteiger partial charge is 0.331 e. The second-order valence-electron chi connectivity index (χ2n) is 9.40. The Morgan fingerprint density at radius 2 is 2.06 bits per heavy atom. The Bertz CT molecular complexity index is 1310. The molecule has 1 aliphatic carbocycles. The van der Waals surface area contributed by atoms with Gasteiger partial charge in [-0.15, -0.1) is 0 Å². The maximum Gasteiger partial charge on any atom is 0.317 e. The molecule has 0 bridgehead atoms. The lowest BCUT2D eigenvalue weighted by Crippen LogP contribution is -2.40. The summed E-state index contributed by atoms with van der Waals surface area (Å²) in [5.41, 5.74) is 5.98. The van der Waals surface area contributed by atoms with Crippen LogP contribution < -0.4 is 5.32 Å². The SMILES string of the molecule is CN(CCCc1cc(-c2cccc(F)c2)n[nH]1)C(=O)NC1CCCc2c1cnn2Cc1ccccc1. The molecule has 0 fully saturated rings. The highest BCUT2D eigenvalue weighted by atomic mass is 19.1. The normalized spacial score (nSPS) is 14.9. The molecule has 0 spiro atoms. The van der Waals surface area contributed by atoms with Crippen LogP contribution in [0.25, 0.3) is 11.3 Å². The zero-order chi connectivity index (χ0) is 24.9. The van der Waals surface area contributed by atoms with E-state index in [2.05, 4.69) is 37.4 Å². The molecular formula is C28H31FN6O. The van der Waals surface area contributed by atoms with E-state index < -0.39 is 0 Å². The molecule has 2 aromatic heterocycles. The van der Waals surface area contributed by atoms with Crippen LogP contribution in [0.1, 0.15) is 47.8 Å². The van der Waals surface area contributed by atoms with E-state index in [9.17, 15) is 9.18 Å². The Labute approximate surface area is 210 Å². The number of aromatic nitrogens is 4. The summed E-state index contributed by atoms with van der Waals surface area (Å²) in [7, 11) is 1.82. The van der Waals surface area contributed by atoms with Crippen LogP contribution in [-0.2, 0) is 19.4 Å². The van der Waals surface area contributed by atoms with E-state index in [1.54, 1.807) is 11.0 Å². The van der Waals surface area contributed by atoms with Gasteiger partial charge in [-0.1, -0.05) is 42.5 Å². The highest BCUT2D eigenvalue weighted by molar-refractivity contribution is 5.74. The summed E-state index contributed by atoms with van der Waals surface area (Å²) in [5, 5.41) is 15.2. The molecule has 36 heavy (non-hydrogen) atoms. The van der Waals surface area contributed by atoms with Crippen molar-refractivity contribution in [3.05, 3.63) is 95.2 Å². The minimum atomic E-state index is -0.279. The predicted molar refractivity (Wildman–Crippen MR) is 137 cm³/mol. The Hall–Kier alpha value is -3.94. The summed E-state index contributed by atoms with van der Waals surface area (Å²) >= 11 is 0. The molecule has 5 rings (SSSR count). The third-order valence-electron chi connectivity index (χ3n) is 6.77. The molecule has 0 radical (unpaired) electrons. The molecule has 2 aromatic carbocycles. The third kappa shape index (κ3) is 5.48. The van der Waals surface area contributed by atoms with Gasteiger partial charge >= 0.3 is 6.03 Å². The first-order valence-corrected chi connectivity index (χ1v) is 12.5. The van der Waals surface area contributed by atoms with Gasteiger partial charge in [0, 0.05) is 36.1 Å². The van der Waals surface area contributed by atoms with Crippen molar-refractivity contribution in [2.75, 3.05) is 13.6 Å². The summed E-state index contributed by atoms with van der Waals surface area (Å²) in [4.78, 5) is 14.6. The van der Waals surface area contributed by atoms with Crippen molar-refractivity contribution in [2.24, 2.45) is 0 Å². The van der Waals surface area contributed by atoms with Gasteiger partial charge in [-0.3, -0.25) is 9.78 Å². The van der Waals surface area contributed by atoms with E-state index in [-0.39, 0.29) is 17.9 Å². The number of aromatic amines is 1. The highest BCUT2D eigenvalue weighted by Gasteiger charge is 2.26. The fraction of sp³-hybridized carbons (Fsp3) is 0.321. The molecule has 4 aromatic rings. The maximum absolute atomic E-state index is 13.5. The van der Waals surface area contributed by atoms with E-state index in [4.69, 9.17) is 0 Å². The summed E-state index contributed by atoms with van der Waals surface area (Å²) in [5.74, 6) is -0.279. The quantitative estimate of drug-likeness (QED) is 0.363. The van der Waals surface area contributed by atoms with Gasteiger partial charge in [0.2, 0.25) is 0 Å². The lowest BCUT2D eigenvalue weighted by atomic mass is 9.93. The number of hydrogen-bond donors (Lipinski definition) is 2. The molecule has 2 amide bonds. The molecule has 8 heteroatoms. The molecule has 2 N–H and O–H groups in total. The monoisotopic (exact) mass is 486 g/mol. The van der Waals surface area contributed by atoms with Crippen LogP contribution in [0.3, 0.4) is 0 Å². The Kier molecular flexibility index (Phi) is 7.11. The zero-order valence-corrected chi connectivity index (χ0v) is 20.5. The molecule has 7 nitrogen and oxygen atoms in total. The molecule has 0 aliphatic heterocycles. The van der Waals surface area contributed by atoms with Crippen LogP contribution in [0.2, 0.25) is 0 Å². The van der Waals surface area contributed by atoms with Gasteiger partial charge in [0.15, 0.2) is 0 Å². The van der Waals surface area contributed by atoms with Crippen LogP contribution in [0.4, 0.5) is 9.18 Å². The molecule has 0 saturated heterocycles. The lowest BCUT2D eigenvalue weighted by Gasteiger charge is -2.27. The fourth-order valence-electron chi connectivity index (χ4n) is 4.81. The number of carbonyl (C=O) groups excluding carboxylic acids is 1. The van der Waals surface area contributed by atoms with Crippen LogP contribution in [0.15, 0.2) is 66.9 Å². The number of carbonyl (C=O) groups is 1. The first-order chi connectivity index (χ1) is 17.6. The second-order valence-corrected chi connectivity index (χ2v) is 9.40. The Balaban J connectivity index is 1.13. The van der Waals surface area contributed by atoms with Crippen LogP contribution in [0.5, 0.6) is 0 Å². The van der Waals surface area contributed by atoms with Gasteiger partial charge in [0.1, 0.15) is 5.82 Å². The fourth-order valence-corrected chi connectivity index (χ4v) is 4.81. The van der Waals surface area contributed by atoms with Crippen LogP contribution in [-0.4, -0.2) is 44.5 Å². The lowest BCUT2D eigenvalue weighted by molar-refractivity contribution is 0.202. The van der Waals surface area contributed by atoms with Gasteiger partial charge in [-0.25, -0.2) is 9.18 Å². The first kappa shape index (κ1) is 23.8. The number of H-pyrrole nitrogens is 1. The van der Waals surface area contributed by atoms with Gasteiger partial charge in [-0.2, -0.15) is 10.2 Å². The van der Waals surface area contributed by atoms with Gasteiger partial charge in [0.05, 0.1) is 24.5 Å². The first-order valence-electron chi connectivity index (χ1n) is 12.5. The summed E-state index contributed by atoms with van der Waals surface area (Å²) in [6.07, 6.45) is 6.37. The second kappa shape index (κ2) is 10.8. The van der Waals surface area contributed by atoms with Crippen LogP contribution in [0, 0.1) is 5.82 Å². The number of halogens is 1. The van der Waals surface area contributed by atoms with Gasteiger partial charge in [0.25, 0.3) is 0 Å². The number of fused-ring (bicyclic) bond motifs is 1. The van der Waals surface area contributed by atoms with E-state index in [1.807, 2.05) is 43.6 Å². The number of aryl methyl sites for hydroxylation is 1. The van der Waals surface area contributed by atoms with Crippen LogP contribution >= 0.6 is 0 Å². The molecular weight excluding hydrogens is 455 g/mol. The minimum Gasteiger partial charge on any atom is -0.331 e. The van der Waals surface area contributed by atoms with Crippen molar-refractivity contribution in [3.8, 4) is 11.3 Å². The Morgan fingerprint density at radius 1 is 1.19 bits per heavy atom. The summed E-state index contributed by atoms with van der Waals surface area (Å²) < 4.78 is 15.5. The minimum absolute atomic E-state index is 0.0188. The number of hydrogen-bond acceptors (Lipinski definition) is 3. The van der Waals surface area contributed by atoms with Crippen molar-refractivity contribution in [1.82, 2.24) is 30.2 Å². The highest BCUT2D eigenvalue weighted by Crippen LogP contribution is 2.30. The van der Waals surface area contributed by atoms with E-state index in [0.29, 0.717) is 6.54 Å². The molecule has 1 aliphatic rings. The average Bonchev–Trinajstić information content (AvgIpc) is 3.53. The summed E-state index contributed by atoms with van der Waals surface area (Å²) in [6, 6.07) is 18.6. The molecule has 186 valence electrons. The van der Waals surface area contributed by atoms with Crippen molar-refractivity contribution < 1.29 is 9.18 Å². The third-order valence-corrected chi connectivity index (χ3v) is 6.77. The summed E-state index contributed by atoms with van der Waals surface area (Å²) in [6.45, 7) is 1.36. The standard InChI is InChI=1S/C28H31FN6O/c1-34(15-7-12-23-17-26(33-32-23)21-10-5-11-22(29)16-21)28(36)31-25-13-6-14-27-24(25)18-30-35(27)19-20-8-3-2-4-9-20/h2-5,8-11,16-18,25H,6-7,12-15,19H2,1H3,(H,31,36)(H,32,33). The van der Waals surface area contributed by atoms with Crippen molar-refractivity contribution >= 4 is 6.03 Å². The molecule has 2 heterocycles. The molecule has 1 unspecified atom stereocenters. The molecule has 0 saturated carbocycles. The molecule has 1 atom stereocenters. The number of rotatable bonds is 8. The average molecular weight is 487 g/mol. The zero-order valence-electron chi connectivity index (χ0n) is 20.5. The maximum atomic E-state index is 13.5.